The van der Waals surface area contributed by atoms with Gasteiger partial charge in [-0.05, 0) is 42.9 Å². The fraction of sp³-hybridized carbons (Fsp3) is 0.529. The predicted octanol–water partition coefficient (Wildman–Crippen LogP) is 2.69. The lowest BCUT2D eigenvalue weighted by Crippen LogP contribution is -2.44. The first kappa shape index (κ1) is 15.0. The van der Waals surface area contributed by atoms with Gasteiger partial charge in [-0.2, -0.15) is 0 Å². The molecule has 1 amide bonds. The van der Waals surface area contributed by atoms with Crippen molar-refractivity contribution in [1.29, 1.82) is 0 Å². The molecule has 0 saturated carbocycles. The van der Waals surface area contributed by atoms with Gasteiger partial charge in [-0.25, -0.2) is 4.98 Å². The standard InChI is InChI=1S/C17H23N3O2/c1-3-15(22-2)17(21)20-9-6-12(7-10-20)14-11-19-16-13(14)5-4-8-18-16/h4-5,8,11-12,15H,3,6-7,9-10H2,1-2H3,(H,18,19). The van der Waals surface area contributed by atoms with Crippen LogP contribution in [-0.2, 0) is 9.53 Å². The Hall–Kier alpha value is -1.88. The lowest BCUT2D eigenvalue weighted by Gasteiger charge is -2.33. The predicted molar refractivity (Wildman–Crippen MR) is 85.7 cm³/mol. The number of carbonyl (C=O) groups excluding carboxylic acids is 1. The Labute approximate surface area is 130 Å². The molecule has 1 fully saturated rings. The summed E-state index contributed by atoms with van der Waals surface area (Å²) in [5, 5.41) is 1.20. The smallest absolute Gasteiger partial charge is 0.251 e. The molecule has 118 valence electrons. The van der Waals surface area contributed by atoms with E-state index in [1.807, 2.05) is 17.9 Å². The Bertz CT molecular complexity index is 640. The van der Waals surface area contributed by atoms with Crippen LogP contribution < -0.4 is 0 Å². The van der Waals surface area contributed by atoms with Gasteiger partial charge in [-0.1, -0.05) is 6.92 Å². The maximum atomic E-state index is 12.4. The van der Waals surface area contributed by atoms with E-state index < -0.39 is 0 Å². The van der Waals surface area contributed by atoms with Gasteiger partial charge in [-0.15, -0.1) is 0 Å². The van der Waals surface area contributed by atoms with Crippen LogP contribution in [-0.4, -0.2) is 47.1 Å². The third-order valence-electron chi connectivity index (χ3n) is 4.66. The van der Waals surface area contributed by atoms with Crippen LogP contribution in [0.5, 0.6) is 0 Å². The number of nitrogens with zero attached hydrogens (tertiary/aromatic N) is 2. The van der Waals surface area contributed by atoms with Gasteiger partial charge in [-0.3, -0.25) is 4.79 Å². The molecular weight excluding hydrogens is 278 g/mol. The Morgan fingerprint density at radius 3 is 2.95 bits per heavy atom. The van der Waals surface area contributed by atoms with E-state index in [1.165, 1.54) is 10.9 Å². The number of amides is 1. The first-order valence-corrected chi connectivity index (χ1v) is 7.98. The number of piperidine rings is 1. The maximum Gasteiger partial charge on any atom is 0.251 e. The van der Waals surface area contributed by atoms with Crippen LogP contribution in [0.2, 0.25) is 0 Å². The average Bonchev–Trinajstić information content (AvgIpc) is 3.00. The molecule has 0 bridgehead atoms. The molecule has 0 aromatic carbocycles. The molecule has 1 saturated heterocycles. The molecule has 1 N–H and O–H groups in total. The van der Waals surface area contributed by atoms with E-state index in [4.69, 9.17) is 4.74 Å². The summed E-state index contributed by atoms with van der Waals surface area (Å²) in [6.45, 7) is 3.59. The van der Waals surface area contributed by atoms with Crippen LogP contribution >= 0.6 is 0 Å². The summed E-state index contributed by atoms with van der Waals surface area (Å²) >= 11 is 0. The fourth-order valence-corrected chi connectivity index (χ4v) is 3.37. The molecule has 2 aromatic heterocycles. The van der Waals surface area contributed by atoms with Crippen LogP contribution in [0.4, 0.5) is 0 Å². The number of aromatic nitrogens is 2. The average molecular weight is 301 g/mol. The van der Waals surface area contributed by atoms with Crippen LogP contribution in [0, 0.1) is 0 Å². The Morgan fingerprint density at radius 1 is 1.50 bits per heavy atom. The molecular formula is C17H23N3O2. The zero-order valence-corrected chi connectivity index (χ0v) is 13.2. The van der Waals surface area contributed by atoms with E-state index >= 15 is 0 Å². The molecule has 3 heterocycles. The number of hydrogen-bond donors (Lipinski definition) is 1. The molecule has 1 atom stereocenters. The number of nitrogens with one attached hydrogen (secondary N) is 1. The maximum absolute atomic E-state index is 12.4. The molecule has 0 spiro atoms. The van der Waals surface area contributed by atoms with E-state index in [9.17, 15) is 4.79 Å². The summed E-state index contributed by atoms with van der Waals surface area (Å²) in [6.07, 6.45) is 6.29. The zero-order chi connectivity index (χ0) is 15.5. The van der Waals surface area contributed by atoms with Crippen molar-refractivity contribution >= 4 is 16.9 Å². The van der Waals surface area contributed by atoms with Gasteiger partial charge in [0.2, 0.25) is 0 Å². The quantitative estimate of drug-likeness (QED) is 0.944. The Balaban J connectivity index is 1.68. The van der Waals surface area contributed by atoms with E-state index in [1.54, 1.807) is 13.3 Å². The lowest BCUT2D eigenvalue weighted by atomic mass is 9.89. The number of rotatable bonds is 4. The number of hydrogen-bond acceptors (Lipinski definition) is 3. The van der Waals surface area contributed by atoms with E-state index in [0.717, 1.165) is 38.0 Å². The van der Waals surface area contributed by atoms with E-state index in [-0.39, 0.29) is 12.0 Å². The summed E-state index contributed by atoms with van der Waals surface area (Å²) in [7, 11) is 1.61. The highest BCUT2D eigenvalue weighted by Crippen LogP contribution is 2.32. The summed E-state index contributed by atoms with van der Waals surface area (Å²) in [5.74, 6) is 0.619. The Morgan fingerprint density at radius 2 is 2.27 bits per heavy atom. The second-order valence-electron chi connectivity index (χ2n) is 5.88. The normalized spacial score (nSPS) is 17.8. The van der Waals surface area contributed by atoms with Crippen LogP contribution in [0.3, 0.4) is 0 Å². The zero-order valence-electron chi connectivity index (χ0n) is 13.2. The first-order valence-electron chi connectivity index (χ1n) is 7.98. The van der Waals surface area contributed by atoms with Gasteiger partial charge in [0, 0.05) is 38.0 Å². The Kier molecular flexibility index (Phi) is 4.43. The number of aromatic amines is 1. The molecule has 22 heavy (non-hydrogen) atoms. The third-order valence-corrected chi connectivity index (χ3v) is 4.66. The minimum absolute atomic E-state index is 0.129. The molecule has 5 nitrogen and oxygen atoms in total. The van der Waals surface area contributed by atoms with Gasteiger partial charge >= 0.3 is 0 Å². The SMILES string of the molecule is CCC(OC)C(=O)N1CCC(c2c[nH]c3ncccc23)CC1. The highest BCUT2D eigenvalue weighted by atomic mass is 16.5. The van der Waals surface area contributed by atoms with Crippen LogP contribution in [0.1, 0.15) is 37.7 Å². The summed E-state index contributed by atoms with van der Waals surface area (Å²) < 4.78 is 5.27. The largest absolute Gasteiger partial charge is 0.372 e. The van der Waals surface area contributed by atoms with Gasteiger partial charge in [0.05, 0.1) is 0 Å². The highest BCUT2D eigenvalue weighted by molar-refractivity contribution is 5.81. The number of carbonyl (C=O) groups is 1. The summed E-state index contributed by atoms with van der Waals surface area (Å²) in [6, 6.07) is 4.09. The molecule has 5 heteroatoms. The lowest BCUT2D eigenvalue weighted by molar-refractivity contribution is -0.143. The molecule has 1 unspecified atom stereocenters. The van der Waals surface area contributed by atoms with Gasteiger partial charge in [0.25, 0.3) is 5.91 Å². The van der Waals surface area contributed by atoms with Crippen molar-refractivity contribution < 1.29 is 9.53 Å². The number of methoxy groups -OCH3 is 1. The van der Waals surface area contributed by atoms with Crippen LogP contribution in [0.15, 0.2) is 24.5 Å². The highest BCUT2D eigenvalue weighted by Gasteiger charge is 2.28. The van der Waals surface area contributed by atoms with Crippen molar-refractivity contribution in [2.75, 3.05) is 20.2 Å². The number of ether oxygens (including phenoxy) is 1. The number of pyridine rings is 1. The second-order valence-corrected chi connectivity index (χ2v) is 5.88. The molecule has 1 aliphatic heterocycles. The topological polar surface area (TPSA) is 58.2 Å². The minimum Gasteiger partial charge on any atom is -0.372 e. The van der Waals surface area contributed by atoms with Crippen molar-refractivity contribution in [3.8, 4) is 0 Å². The van der Waals surface area contributed by atoms with Gasteiger partial charge in [0.1, 0.15) is 11.8 Å². The van der Waals surface area contributed by atoms with E-state index in [0.29, 0.717) is 5.92 Å². The molecule has 1 aliphatic rings. The number of fused-ring (bicyclic) bond motifs is 1. The van der Waals surface area contributed by atoms with Crippen molar-refractivity contribution in [1.82, 2.24) is 14.9 Å². The van der Waals surface area contributed by atoms with Gasteiger partial charge < -0.3 is 14.6 Å². The fourth-order valence-electron chi connectivity index (χ4n) is 3.37. The minimum atomic E-state index is -0.297. The van der Waals surface area contributed by atoms with Gasteiger partial charge in [0.15, 0.2) is 0 Å². The number of likely N-dealkylation sites (tertiary alicyclic amines) is 1. The van der Waals surface area contributed by atoms with Crippen molar-refractivity contribution in [3.63, 3.8) is 0 Å². The summed E-state index contributed by atoms with van der Waals surface area (Å²) in [4.78, 5) is 21.9. The van der Waals surface area contributed by atoms with Crippen LogP contribution in [0.25, 0.3) is 11.0 Å². The number of H-pyrrole nitrogens is 1. The molecule has 0 aliphatic carbocycles. The van der Waals surface area contributed by atoms with Crippen molar-refractivity contribution in [2.24, 2.45) is 0 Å². The summed E-state index contributed by atoms with van der Waals surface area (Å²) in [5.41, 5.74) is 2.27. The molecule has 0 radical (unpaired) electrons. The van der Waals surface area contributed by atoms with E-state index in [2.05, 4.69) is 22.2 Å². The third kappa shape index (κ3) is 2.73. The second kappa shape index (κ2) is 6.48. The first-order chi connectivity index (χ1) is 10.7. The van der Waals surface area contributed by atoms with Crippen molar-refractivity contribution in [2.45, 2.75) is 38.2 Å². The van der Waals surface area contributed by atoms with Crippen molar-refractivity contribution in [3.05, 3.63) is 30.1 Å². The molecule has 3 rings (SSSR count). The molecule has 2 aromatic rings. The monoisotopic (exact) mass is 301 g/mol.